The Hall–Kier alpha value is -2.48. The molecule has 2 aromatic carbocycles. The maximum atomic E-state index is 2.40. The molecule has 2 heteroatoms. The van der Waals surface area contributed by atoms with Crippen molar-refractivity contribution in [2.24, 2.45) is 14.1 Å². The van der Waals surface area contributed by atoms with Crippen molar-refractivity contribution in [2.75, 3.05) is 0 Å². The zero-order valence-corrected chi connectivity index (χ0v) is 15.7. The highest BCUT2D eigenvalue weighted by atomic mass is 14.9. The number of hydrogen-bond acceptors (Lipinski definition) is 0. The van der Waals surface area contributed by atoms with Gasteiger partial charge in [0.1, 0.15) is 0 Å². The van der Waals surface area contributed by atoms with E-state index in [4.69, 9.17) is 0 Å². The van der Waals surface area contributed by atoms with Crippen molar-refractivity contribution in [3.05, 3.63) is 72.1 Å². The van der Waals surface area contributed by atoms with Gasteiger partial charge in [-0.3, -0.25) is 0 Å². The number of rotatable bonds is 2. The first-order valence-corrected chi connectivity index (χ1v) is 9.80. The van der Waals surface area contributed by atoms with Crippen molar-refractivity contribution in [3.63, 3.8) is 0 Å². The van der Waals surface area contributed by atoms with E-state index in [0.29, 0.717) is 0 Å². The van der Waals surface area contributed by atoms with E-state index >= 15 is 0 Å². The molecule has 0 radical (unpaired) electrons. The van der Waals surface area contributed by atoms with Crippen LogP contribution in [-0.2, 0) is 19.5 Å². The fourth-order valence-corrected chi connectivity index (χ4v) is 5.29. The minimum Gasteiger partial charge on any atom is -0.350 e. The molecule has 1 aliphatic carbocycles. The molecule has 2 heterocycles. The summed E-state index contributed by atoms with van der Waals surface area (Å²) in [5.74, 6) is 0. The molecule has 0 aliphatic heterocycles. The van der Waals surface area contributed by atoms with Crippen molar-refractivity contribution in [2.45, 2.75) is 37.5 Å². The van der Waals surface area contributed by atoms with E-state index in [1.807, 2.05) is 0 Å². The van der Waals surface area contributed by atoms with Gasteiger partial charge in [0.25, 0.3) is 0 Å². The Morgan fingerprint density at radius 1 is 0.654 bits per heavy atom. The molecule has 5 rings (SSSR count). The number of hydrogen-bond donors (Lipinski definition) is 0. The van der Waals surface area contributed by atoms with Gasteiger partial charge in [-0.2, -0.15) is 0 Å². The van der Waals surface area contributed by atoms with Gasteiger partial charge in [-0.25, -0.2) is 0 Å². The van der Waals surface area contributed by atoms with Crippen LogP contribution in [0.25, 0.3) is 21.8 Å². The Morgan fingerprint density at radius 3 is 1.62 bits per heavy atom. The number of aromatic nitrogens is 2. The van der Waals surface area contributed by atoms with Gasteiger partial charge in [-0.05, 0) is 36.1 Å². The topological polar surface area (TPSA) is 9.86 Å². The van der Waals surface area contributed by atoms with Crippen LogP contribution in [0.3, 0.4) is 0 Å². The third-order valence-electron chi connectivity index (χ3n) is 6.53. The van der Waals surface area contributed by atoms with Crippen molar-refractivity contribution >= 4 is 21.8 Å². The number of nitrogens with zero attached hydrogens (tertiary/aromatic N) is 2. The van der Waals surface area contributed by atoms with Crippen LogP contribution >= 0.6 is 0 Å². The Kier molecular flexibility index (Phi) is 3.49. The summed E-state index contributed by atoms with van der Waals surface area (Å²) in [4.78, 5) is 0. The molecule has 0 N–H and O–H groups in total. The Morgan fingerprint density at radius 2 is 1.12 bits per heavy atom. The predicted octanol–water partition coefficient (Wildman–Crippen LogP) is 5.92. The average Bonchev–Trinajstić information content (AvgIpc) is 3.21. The highest BCUT2D eigenvalue weighted by Gasteiger charge is 2.39. The van der Waals surface area contributed by atoms with Gasteiger partial charge in [0.15, 0.2) is 0 Å². The number of fused-ring (bicyclic) bond motifs is 2. The van der Waals surface area contributed by atoms with Crippen LogP contribution < -0.4 is 0 Å². The molecule has 1 aliphatic rings. The first-order valence-electron chi connectivity index (χ1n) is 9.80. The molecule has 0 saturated heterocycles. The molecule has 4 aromatic rings. The number of benzene rings is 2. The second-order valence-corrected chi connectivity index (χ2v) is 7.98. The van der Waals surface area contributed by atoms with Gasteiger partial charge in [0.2, 0.25) is 0 Å². The van der Waals surface area contributed by atoms with Gasteiger partial charge in [-0.15, -0.1) is 0 Å². The van der Waals surface area contributed by atoms with Crippen LogP contribution in [-0.4, -0.2) is 9.13 Å². The van der Waals surface area contributed by atoms with E-state index in [1.165, 1.54) is 65.0 Å². The molecular formula is C24H26N2. The Balaban J connectivity index is 1.85. The molecule has 2 nitrogen and oxygen atoms in total. The maximum Gasteiger partial charge on any atom is 0.0480 e. The van der Waals surface area contributed by atoms with E-state index in [-0.39, 0.29) is 5.41 Å². The average molecular weight is 342 g/mol. The minimum absolute atomic E-state index is 0.125. The first-order chi connectivity index (χ1) is 12.7. The van der Waals surface area contributed by atoms with E-state index < -0.39 is 0 Å². The lowest BCUT2D eigenvalue weighted by atomic mass is 9.65. The van der Waals surface area contributed by atoms with E-state index in [0.717, 1.165) is 0 Å². The van der Waals surface area contributed by atoms with Crippen molar-refractivity contribution in [1.82, 2.24) is 9.13 Å². The highest BCUT2D eigenvalue weighted by Crippen LogP contribution is 2.49. The normalized spacial score (nSPS) is 17.2. The lowest BCUT2D eigenvalue weighted by Crippen LogP contribution is -2.30. The summed E-state index contributed by atoms with van der Waals surface area (Å²) in [5, 5.41) is 2.84. The third-order valence-corrected chi connectivity index (χ3v) is 6.53. The van der Waals surface area contributed by atoms with Crippen molar-refractivity contribution in [3.8, 4) is 0 Å². The smallest absolute Gasteiger partial charge is 0.0480 e. The van der Waals surface area contributed by atoms with Gasteiger partial charge in [0.05, 0.1) is 0 Å². The fourth-order valence-electron chi connectivity index (χ4n) is 5.29. The minimum atomic E-state index is 0.125. The van der Waals surface area contributed by atoms with Gasteiger partial charge in [0, 0.05) is 53.7 Å². The molecular weight excluding hydrogens is 316 g/mol. The number of para-hydroxylation sites is 2. The van der Waals surface area contributed by atoms with Gasteiger partial charge < -0.3 is 9.13 Å². The van der Waals surface area contributed by atoms with E-state index in [1.54, 1.807) is 0 Å². The molecule has 132 valence electrons. The van der Waals surface area contributed by atoms with Crippen LogP contribution in [0.2, 0.25) is 0 Å². The summed E-state index contributed by atoms with van der Waals surface area (Å²) >= 11 is 0. The molecule has 0 bridgehead atoms. The first kappa shape index (κ1) is 15.7. The maximum absolute atomic E-state index is 2.40. The number of aryl methyl sites for hydroxylation is 2. The quantitative estimate of drug-likeness (QED) is 0.428. The second kappa shape index (κ2) is 5.77. The van der Waals surface area contributed by atoms with Crippen LogP contribution in [0, 0.1) is 0 Å². The van der Waals surface area contributed by atoms with Crippen molar-refractivity contribution < 1.29 is 0 Å². The lowest BCUT2D eigenvalue weighted by Gasteiger charge is -2.37. The SMILES string of the molecule is Cn1cc(C2(c3cn(C)c4ccccc34)CCCCC2)c2ccccc21. The summed E-state index contributed by atoms with van der Waals surface area (Å²) < 4.78 is 4.62. The highest BCUT2D eigenvalue weighted by molar-refractivity contribution is 5.90. The lowest BCUT2D eigenvalue weighted by molar-refractivity contribution is 0.349. The molecule has 26 heavy (non-hydrogen) atoms. The molecule has 2 aromatic heterocycles. The third kappa shape index (κ3) is 2.11. The van der Waals surface area contributed by atoms with E-state index in [2.05, 4.69) is 84.2 Å². The monoisotopic (exact) mass is 342 g/mol. The van der Waals surface area contributed by atoms with Gasteiger partial charge in [-0.1, -0.05) is 55.7 Å². The largest absolute Gasteiger partial charge is 0.350 e. The molecule has 0 amide bonds. The summed E-state index contributed by atoms with van der Waals surface area (Å²) in [6, 6.07) is 17.8. The van der Waals surface area contributed by atoms with Crippen LogP contribution in [0.5, 0.6) is 0 Å². The van der Waals surface area contributed by atoms with Crippen LogP contribution in [0.1, 0.15) is 43.2 Å². The van der Waals surface area contributed by atoms with Crippen LogP contribution in [0.4, 0.5) is 0 Å². The van der Waals surface area contributed by atoms with E-state index in [9.17, 15) is 0 Å². The standard InChI is InChI=1S/C24H26N2/c1-25-16-20(18-10-4-6-12-22(18)25)24(14-8-3-9-15-24)21-17-26(2)23-13-7-5-11-19(21)23/h4-7,10-13,16-17H,3,8-9,14-15H2,1-2H3. The fraction of sp³-hybridized carbons (Fsp3) is 0.333. The van der Waals surface area contributed by atoms with Crippen molar-refractivity contribution in [1.29, 1.82) is 0 Å². The summed E-state index contributed by atoms with van der Waals surface area (Å²) in [6.45, 7) is 0. The summed E-state index contributed by atoms with van der Waals surface area (Å²) in [6.07, 6.45) is 11.3. The predicted molar refractivity (Wildman–Crippen MR) is 110 cm³/mol. The summed E-state index contributed by atoms with van der Waals surface area (Å²) in [7, 11) is 4.37. The summed E-state index contributed by atoms with van der Waals surface area (Å²) in [5.41, 5.74) is 5.85. The molecule has 1 saturated carbocycles. The zero-order chi connectivity index (χ0) is 17.7. The zero-order valence-electron chi connectivity index (χ0n) is 15.7. The Labute approximate surface area is 155 Å². The molecule has 0 unspecified atom stereocenters. The molecule has 1 fully saturated rings. The van der Waals surface area contributed by atoms with Gasteiger partial charge >= 0.3 is 0 Å². The Bertz CT molecular complexity index is 1010. The molecule has 0 atom stereocenters. The van der Waals surface area contributed by atoms with Crippen LogP contribution in [0.15, 0.2) is 60.9 Å². The molecule has 0 spiro atoms. The second-order valence-electron chi connectivity index (χ2n) is 7.98.